The summed E-state index contributed by atoms with van der Waals surface area (Å²) in [4.78, 5) is 24.9. The van der Waals surface area contributed by atoms with E-state index in [2.05, 4.69) is 31.9 Å². The average molecular weight is 576 g/mol. The summed E-state index contributed by atoms with van der Waals surface area (Å²) >= 11 is 6.98. The Labute approximate surface area is 207 Å². The third-order valence-corrected chi connectivity index (χ3v) is 7.62. The van der Waals surface area contributed by atoms with Gasteiger partial charge in [-0.05, 0) is 100 Å². The number of carboxylic acid groups (broad SMARTS) is 1. The first-order valence-corrected chi connectivity index (χ1v) is 11.6. The number of phenols is 2. The number of benzene rings is 3. The third kappa shape index (κ3) is 3.27. The maximum atomic E-state index is 13.1. The van der Waals surface area contributed by atoms with Crippen LogP contribution in [0.15, 0.2) is 39.3 Å². The first kappa shape index (κ1) is 23.3. The van der Waals surface area contributed by atoms with Gasteiger partial charge in [0.15, 0.2) is 5.60 Å². The molecule has 33 heavy (non-hydrogen) atoms. The van der Waals surface area contributed by atoms with Crippen LogP contribution in [0.5, 0.6) is 11.5 Å². The zero-order valence-electron chi connectivity index (χ0n) is 18.2. The molecule has 0 bridgehead atoms. The highest BCUT2D eigenvalue weighted by Crippen LogP contribution is 2.56. The van der Waals surface area contributed by atoms with Crippen LogP contribution in [0.25, 0.3) is 0 Å². The van der Waals surface area contributed by atoms with Crippen molar-refractivity contribution >= 4 is 43.8 Å². The molecule has 0 amide bonds. The number of phenolic OH excluding ortho intramolecular Hbond substituents is 2. The zero-order chi connectivity index (χ0) is 24.4. The van der Waals surface area contributed by atoms with Gasteiger partial charge in [0.05, 0.1) is 20.1 Å². The Hall–Kier alpha value is -2.84. The zero-order valence-corrected chi connectivity index (χ0v) is 21.4. The number of carbonyl (C=O) groups excluding carboxylic acids is 1. The monoisotopic (exact) mass is 574 g/mol. The fourth-order valence-corrected chi connectivity index (χ4v) is 6.43. The first-order valence-electron chi connectivity index (χ1n) is 10.0. The number of rotatable bonds is 3. The maximum absolute atomic E-state index is 13.1. The van der Waals surface area contributed by atoms with Crippen LogP contribution in [0.3, 0.4) is 0 Å². The molecule has 8 heteroatoms. The summed E-state index contributed by atoms with van der Waals surface area (Å²) in [5, 5.41) is 31.2. The van der Waals surface area contributed by atoms with Gasteiger partial charge in [-0.2, -0.15) is 0 Å². The van der Waals surface area contributed by atoms with Gasteiger partial charge in [-0.3, -0.25) is 0 Å². The van der Waals surface area contributed by atoms with Crippen LogP contribution in [0, 0.1) is 27.7 Å². The minimum atomic E-state index is -1.64. The fraction of sp³-hybridized carbons (Fsp3) is 0.200. The minimum Gasteiger partial charge on any atom is -0.506 e. The number of hydrogen-bond donors (Lipinski definition) is 3. The van der Waals surface area contributed by atoms with E-state index in [1.54, 1.807) is 26.0 Å². The number of fused-ring (bicyclic) bond motifs is 1. The Morgan fingerprint density at radius 2 is 1.33 bits per heavy atom. The molecule has 0 radical (unpaired) electrons. The van der Waals surface area contributed by atoms with E-state index in [-0.39, 0.29) is 22.6 Å². The highest BCUT2D eigenvalue weighted by atomic mass is 79.9. The van der Waals surface area contributed by atoms with Crippen molar-refractivity contribution in [1.29, 1.82) is 0 Å². The molecule has 0 spiro atoms. The van der Waals surface area contributed by atoms with Crippen LogP contribution in [-0.4, -0.2) is 27.3 Å². The predicted molar refractivity (Wildman–Crippen MR) is 129 cm³/mol. The molecule has 1 aliphatic heterocycles. The summed E-state index contributed by atoms with van der Waals surface area (Å²) in [5.41, 5.74) is 2.36. The summed E-state index contributed by atoms with van der Waals surface area (Å²) in [6, 6.07) is 7.72. The number of aryl methyl sites for hydroxylation is 4. The molecule has 0 saturated heterocycles. The highest BCUT2D eigenvalue weighted by molar-refractivity contribution is 9.11. The van der Waals surface area contributed by atoms with Crippen LogP contribution < -0.4 is 0 Å². The Balaban J connectivity index is 2.27. The summed E-state index contributed by atoms with van der Waals surface area (Å²) in [7, 11) is 0. The second kappa shape index (κ2) is 7.88. The van der Waals surface area contributed by atoms with E-state index >= 15 is 0 Å². The van der Waals surface area contributed by atoms with Crippen LogP contribution in [-0.2, 0) is 10.3 Å². The second-order valence-corrected chi connectivity index (χ2v) is 9.82. The van der Waals surface area contributed by atoms with Crippen molar-refractivity contribution in [3.63, 3.8) is 0 Å². The SMILES string of the molecule is Cc1cc(C)c(C2(c3c(C)cc(C)c(O)c3Br)OC(=O)c3ccc(C(=O)O)cc32)c(Br)c1O. The largest absolute Gasteiger partial charge is 0.506 e. The van der Waals surface area contributed by atoms with Crippen LogP contribution >= 0.6 is 31.9 Å². The molecule has 1 aliphatic rings. The Bertz CT molecular complexity index is 1310. The molecule has 6 nitrogen and oxygen atoms in total. The number of cyclic esters (lactones) is 1. The number of carboxylic acids is 1. The predicted octanol–water partition coefficient (Wildman–Crippen LogP) is 6.02. The van der Waals surface area contributed by atoms with E-state index in [1.807, 2.05) is 13.8 Å². The van der Waals surface area contributed by atoms with Gasteiger partial charge in [0, 0.05) is 16.7 Å². The van der Waals surface area contributed by atoms with Gasteiger partial charge in [0.2, 0.25) is 0 Å². The lowest BCUT2D eigenvalue weighted by Gasteiger charge is -2.35. The molecule has 0 aliphatic carbocycles. The van der Waals surface area contributed by atoms with Crippen molar-refractivity contribution in [3.8, 4) is 11.5 Å². The van der Waals surface area contributed by atoms with Gasteiger partial charge in [0.1, 0.15) is 11.5 Å². The number of halogens is 2. The van der Waals surface area contributed by atoms with Crippen molar-refractivity contribution in [1.82, 2.24) is 0 Å². The lowest BCUT2D eigenvalue weighted by atomic mass is 9.75. The van der Waals surface area contributed by atoms with E-state index < -0.39 is 17.5 Å². The topological polar surface area (TPSA) is 104 Å². The molecule has 1 heterocycles. The Kier molecular flexibility index (Phi) is 5.57. The van der Waals surface area contributed by atoms with Crippen molar-refractivity contribution < 1.29 is 29.6 Å². The summed E-state index contributed by atoms with van der Waals surface area (Å²) < 4.78 is 6.75. The summed E-state index contributed by atoms with van der Waals surface area (Å²) in [5.74, 6) is -1.85. The van der Waals surface area contributed by atoms with Gasteiger partial charge in [0.25, 0.3) is 0 Å². The highest BCUT2D eigenvalue weighted by Gasteiger charge is 2.53. The number of aromatic hydroxyl groups is 2. The second-order valence-electron chi connectivity index (χ2n) is 8.23. The minimum absolute atomic E-state index is 0.0216. The average Bonchev–Trinajstić information content (AvgIpc) is 3.02. The molecule has 0 fully saturated rings. The molecule has 4 rings (SSSR count). The molecule has 0 aromatic heterocycles. The van der Waals surface area contributed by atoms with Crippen LogP contribution in [0.2, 0.25) is 0 Å². The van der Waals surface area contributed by atoms with Crippen LogP contribution in [0.4, 0.5) is 0 Å². The maximum Gasteiger partial charge on any atom is 0.340 e. The lowest BCUT2D eigenvalue weighted by molar-refractivity contribution is 0.0242. The fourth-order valence-electron chi connectivity index (χ4n) is 4.62. The first-order chi connectivity index (χ1) is 15.4. The van der Waals surface area contributed by atoms with Gasteiger partial charge in [-0.25, -0.2) is 9.59 Å². The number of esters is 1. The summed E-state index contributed by atoms with van der Waals surface area (Å²) in [6.45, 7) is 7.13. The Morgan fingerprint density at radius 1 is 0.848 bits per heavy atom. The van der Waals surface area contributed by atoms with Gasteiger partial charge in [-0.15, -0.1) is 0 Å². The summed E-state index contributed by atoms with van der Waals surface area (Å²) in [6.07, 6.45) is 0. The number of carbonyl (C=O) groups is 2. The molecule has 0 atom stereocenters. The van der Waals surface area contributed by atoms with Gasteiger partial charge >= 0.3 is 11.9 Å². The Morgan fingerprint density at radius 3 is 1.79 bits per heavy atom. The van der Waals surface area contributed by atoms with Gasteiger partial charge in [-0.1, -0.05) is 12.1 Å². The smallest absolute Gasteiger partial charge is 0.340 e. The molecule has 3 aromatic rings. The molecule has 0 saturated carbocycles. The van der Waals surface area contributed by atoms with E-state index in [0.717, 1.165) is 0 Å². The number of hydrogen-bond acceptors (Lipinski definition) is 5. The van der Waals surface area contributed by atoms with E-state index in [9.17, 15) is 24.9 Å². The molecule has 3 aromatic carbocycles. The van der Waals surface area contributed by atoms with Crippen molar-refractivity contribution in [2.75, 3.05) is 0 Å². The van der Waals surface area contributed by atoms with Crippen molar-refractivity contribution in [3.05, 3.63) is 89.3 Å². The van der Waals surface area contributed by atoms with E-state index in [4.69, 9.17) is 4.74 Å². The van der Waals surface area contributed by atoms with Crippen LogP contribution in [0.1, 0.15) is 59.7 Å². The molecule has 3 N–H and O–H groups in total. The van der Waals surface area contributed by atoms with E-state index in [1.165, 1.54) is 18.2 Å². The molecule has 0 unspecified atom stereocenters. The quantitative estimate of drug-likeness (QED) is 0.330. The van der Waals surface area contributed by atoms with E-state index in [0.29, 0.717) is 47.9 Å². The molecular formula is C25H20Br2O6. The van der Waals surface area contributed by atoms with Crippen molar-refractivity contribution in [2.24, 2.45) is 0 Å². The number of aromatic carboxylic acids is 1. The molecule has 170 valence electrons. The van der Waals surface area contributed by atoms with Crippen molar-refractivity contribution in [2.45, 2.75) is 33.3 Å². The normalized spacial score (nSPS) is 14.2. The van der Waals surface area contributed by atoms with Gasteiger partial charge < -0.3 is 20.1 Å². The standard InChI is InChI=1S/C25H20Br2O6/c1-10-7-12(3)21(28)19(26)17(10)25(18-11(2)8-13(4)22(29)20(18)27)16-9-14(23(30)31)5-6-15(16)24(32)33-25/h5-9,28-29H,1-4H3,(H,30,31). The third-order valence-electron chi connectivity index (χ3n) is 6.07. The lowest BCUT2D eigenvalue weighted by Crippen LogP contribution is -2.33. The molecular weight excluding hydrogens is 556 g/mol. The number of ether oxygens (including phenoxy) is 1.